The van der Waals surface area contributed by atoms with E-state index in [0.29, 0.717) is 22.5 Å². The number of aromatic nitrogens is 1. The summed E-state index contributed by atoms with van der Waals surface area (Å²) in [6.07, 6.45) is 2.12. The molecule has 1 aromatic heterocycles. The summed E-state index contributed by atoms with van der Waals surface area (Å²) in [6.45, 7) is 5.86. The first kappa shape index (κ1) is 16.4. The lowest BCUT2D eigenvalue weighted by atomic mass is 10.0. The zero-order valence-corrected chi connectivity index (χ0v) is 13.9. The van der Waals surface area contributed by atoms with Gasteiger partial charge in [0.2, 0.25) is 0 Å². The van der Waals surface area contributed by atoms with Crippen molar-refractivity contribution in [2.75, 3.05) is 19.7 Å². The molecule has 7 heteroatoms. The molecule has 3 rings (SSSR count). The number of hydrogen-bond acceptors (Lipinski definition) is 4. The normalized spacial score (nSPS) is 16.2. The lowest BCUT2D eigenvalue weighted by molar-refractivity contribution is 0.0521. The number of halogens is 1. The Kier molecular flexibility index (Phi) is 4.78. The molecule has 2 heterocycles. The highest BCUT2D eigenvalue weighted by Crippen LogP contribution is 2.32. The molecule has 1 saturated heterocycles. The number of esters is 1. The van der Waals surface area contributed by atoms with Crippen LogP contribution in [-0.2, 0) is 4.74 Å². The number of hydrogen-bond donors (Lipinski definition) is 1. The van der Waals surface area contributed by atoms with Crippen LogP contribution < -0.4 is 0 Å². The van der Waals surface area contributed by atoms with Crippen molar-refractivity contribution in [2.24, 2.45) is 16.3 Å². The molecule has 6 nitrogen and oxygen atoms in total. The molecule has 1 aliphatic rings. The van der Waals surface area contributed by atoms with Gasteiger partial charge in [0.15, 0.2) is 5.69 Å². The Labute approximate surface area is 139 Å². The number of rotatable bonds is 4. The van der Waals surface area contributed by atoms with Crippen LogP contribution in [0.5, 0.6) is 0 Å². The Morgan fingerprint density at radius 3 is 2.88 bits per heavy atom. The van der Waals surface area contributed by atoms with E-state index in [-0.39, 0.29) is 18.1 Å². The summed E-state index contributed by atoms with van der Waals surface area (Å²) < 4.78 is 18.7. The van der Waals surface area contributed by atoms with E-state index < -0.39 is 5.97 Å². The maximum atomic E-state index is 13.6. The third kappa shape index (κ3) is 3.39. The number of piperidine rings is 1. The first-order chi connectivity index (χ1) is 11.6. The molecule has 0 radical (unpaired) electrons. The topological polar surface area (TPSA) is 70.0 Å². The molecule has 2 aromatic rings. The summed E-state index contributed by atoms with van der Waals surface area (Å²) >= 11 is 0. The van der Waals surface area contributed by atoms with Gasteiger partial charge in [0, 0.05) is 24.0 Å². The number of nitrogens with one attached hydrogen (secondary N) is 1. The molecule has 0 unspecified atom stereocenters. The Morgan fingerprint density at radius 1 is 1.42 bits per heavy atom. The smallest absolute Gasteiger partial charge is 0.357 e. The number of aromatic amines is 1. The summed E-state index contributed by atoms with van der Waals surface area (Å²) in [4.78, 5) is 15.1. The third-order valence-corrected chi connectivity index (χ3v) is 4.24. The van der Waals surface area contributed by atoms with Crippen LogP contribution >= 0.6 is 0 Å². The Bertz CT molecular complexity index is 763. The molecule has 0 atom stereocenters. The Morgan fingerprint density at radius 2 is 2.17 bits per heavy atom. The predicted octanol–water partition coefficient (Wildman–Crippen LogP) is 4.21. The number of benzene rings is 1. The average Bonchev–Trinajstić information content (AvgIpc) is 2.92. The Balaban J connectivity index is 1.95. The maximum Gasteiger partial charge on any atom is 0.357 e. The van der Waals surface area contributed by atoms with Gasteiger partial charge in [-0.3, -0.25) is 5.01 Å². The standard InChI is InChI=1S/C17H21FN4O2/c1-3-24-17(23)16-15(13-10-12(18)4-5-14(13)19-16)20-21-22-8-6-11(2)7-9-22/h4-5,10-11,19H,3,6-9H2,1-2H3. The molecule has 0 spiro atoms. The molecule has 1 fully saturated rings. The van der Waals surface area contributed by atoms with Crippen molar-refractivity contribution in [3.8, 4) is 0 Å². The van der Waals surface area contributed by atoms with E-state index in [1.54, 1.807) is 13.0 Å². The summed E-state index contributed by atoms with van der Waals surface area (Å²) in [6, 6.07) is 4.26. The summed E-state index contributed by atoms with van der Waals surface area (Å²) in [5.41, 5.74) is 1.15. The molecule has 0 bridgehead atoms. The van der Waals surface area contributed by atoms with Gasteiger partial charge in [0.1, 0.15) is 11.5 Å². The predicted molar refractivity (Wildman–Crippen MR) is 88.7 cm³/mol. The largest absolute Gasteiger partial charge is 0.461 e. The van der Waals surface area contributed by atoms with Crippen molar-refractivity contribution < 1.29 is 13.9 Å². The molecule has 0 aliphatic carbocycles. The fraction of sp³-hybridized carbons (Fsp3) is 0.471. The van der Waals surface area contributed by atoms with Crippen molar-refractivity contribution in [3.63, 3.8) is 0 Å². The zero-order valence-electron chi connectivity index (χ0n) is 13.9. The van der Waals surface area contributed by atoms with Crippen LogP contribution in [0.1, 0.15) is 37.2 Å². The molecule has 1 aliphatic heterocycles. The van der Waals surface area contributed by atoms with Gasteiger partial charge in [-0.15, -0.1) is 5.11 Å². The van der Waals surface area contributed by atoms with Crippen LogP contribution in [-0.4, -0.2) is 35.7 Å². The van der Waals surface area contributed by atoms with E-state index in [1.807, 2.05) is 5.01 Å². The van der Waals surface area contributed by atoms with Crippen molar-refractivity contribution in [1.29, 1.82) is 0 Å². The van der Waals surface area contributed by atoms with E-state index in [1.165, 1.54) is 12.1 Å². The number of carbonyl (C=O) groups excluding carboxylic acids is 1. The molecule has 128 valence electrons. The van der Waals surface area contributed by atoms with Gasteiger partial charge in [-0.1, -0.05) is 12.1 Å². The summed E-state index contributed by atoms with van der Waals surface area (Å²) in [5, 5.41) is 10.9. The van der Waals surface area contributed by atoms with Crippen molar-refractivity contribution in [1.82, 2.24) is 9.99 Å². The van der Waals surface area contributed by atoms with Crippen LogP contribution in [0.3, 0.4) is 0 Å². The minimum Gasteiger partial charge on any atom is -0.461 e. The van der Waals surface area contributed by atoms with Gasteiger partial charge in [0.05, 0.1) is 6.61 Å². The van der Waals surface area contributed by atoms with Gasteiger partial charge < -0.3 is 9.72 Å². The van der Waals surface area contributed by atoms with Crippen molar-refractivity contribution in [3.05, 3.63) is 29.7 Å². The number of nitrogens with zero attached hydrogens (tertiary/aromatic N) is 3. The highest BCUT2D eigenvalue weighted by molar-refractivity contribution is 6.04. The SMILES string of the molecule is CCOC(=O)c1[nH]c2ccc(F)cc2c1N=NN1CCC(C)CC1. The van der Waals surface area contributed by atoms with Gasteiger partial charge in [0.25, 0.3) is 0 Å². The second-order valence-electron chi connectivity index (χ2n) is 6.08. The van der Waals surface area contributed by atoms with E-state index in [2.05, 4.69) is 22.2 Å². The number of H-pyrrole nitrogens is 1. The Hall–Kier alpha value is -2.44. The van der Waals surface area contributed by atoms with Gasteiger partial charge in [-0.2, -0.15) is 0 Å². The van der Waals surface area contributed by atoms with E-state index in [0.717, 1.165) is 25.9 Å². The molecular weight excluding hydrogens is 311 g/mol. The average molecular weight is 332 g/mol. The molecule has 0 saturated carbocycles. The molecular formula is C17H21FN4O2. The molecule has 1 aromatic carbocycles. The van der Waals surface area contributed by atoms with Crippen LogP contribution in [0.2, 0.25) is 0 Å². The van der Waals surface area contributed by atoms with Crippen LogP contribution in [0, 0.1) is 11.7 Å². The summed E-state index contributed by atoms with van der Waals surface area (Å²) in [7, 11) is 0. The lowest BCUT2D eigenvalue weighted by Gasteiger charge is -2.26. The van der Waals surface area contributed by atoms with Gasteiger partial charge in [-0.05, 0) is 43.9 Å². The number of ether oxygens (including phenoxy) is 1. The van der Waals surface area contributed by atoms with Gasteiger partial charge >= 0.3 is 5.97 Å². The second kappa shape index (κ2) is 6.98. The lowest BCUT2D eigenvalue weighted by Crippen LogP contribution is -2.28. The number of carbonyl (C=O) groups is 1. The van der Waals surface area contributed by atoms with Crippen molar-refractivity contribution in [2.45, 2.75) is 26.7 Å². The first-order valence-electron chi connectivity index (χ1n) is 8.23. The van der Waals surface area contributed by atoms with E-state index >= 15 is 0 Å². The monoisotopic (exact) mass is 332 g/mol. The number of fused-ring (bicyclic) bond motifs is 1. The first-order valence-corrected chi connectivity index (χ1v) is 8.23. The summed E-state index contributed by atoms with van der Waals surface area (Å²) in [5.74, 6) is -0.218. The highest BCUT2D eigenvalue weighted by atomic mass is 19.1. The zero-order chi connectivity index (χ0) is 17.1. The van der Waals surface area contributed by atoms with Crippen LogP contribution in [0.4, 0.5) is 10.1 Å². The van der Waals surface area contributed by atoms with Crippen LogP contribution in [0.15, 0.2) is 28.5 Å². The fourth-order valence-electron chi connectivity index (χ4n) is 2.80. The second-order valence-corrected chi connectivity index (χ2v) is 6.08. The van der Waals surface area contributed by atoms with Crippen molar-refractivity contribution >= 4 is 22.6 Å². The van der Waals surface area contributed by atoms with E-state index in [4.69, 9.17) is 4.74 Å². The minimum atomic E-state index is -0.518. The quantitative estimate of drug-likeness (QED) is 0.673. The fourth-order valence-corrected chi connectivity index (χ4v) is 2.80. The highest BCUT2D eigenvalue weighted by Gasteiger charge is 2.20. The molecule has 1 N–H and O–H groups in total. The third-order valence-electron chi connectivity index (χ3n) is 4.24. The molecule has 0 amide bonds. The molecule has 24 heavy (non-hydrogen) atoms. The van der Waals surface area contributed by atoms with Gasteiger partial charge in [-0.25, -0.2) is 9.18 Å². The maximum absolute atomic E-state index is 13.6. The van der Waals surface area contributed by atoms with Crippen LogP contribution in [0.25, 0.3) is 10.9 Å². The van der Waals surface area contributed by atoms with E-state index in [9.17, 15) is 9.18 Å². The minimum absolute atomic E-state index is 0.201.